The van der Waals surface area contributed by atoms with Crippen LogP contribution in [0.2, 0.25) is 18.1 Å². The van der Waals surface area contributed by atoms with Crippen LogP contribution in [0.25, 0.3) is 0 Å². The fraction of sp³-hybridized carbons (Fsp3) is 0.750. The van der Waals surface area contributed by atoms with Crippen molar-refractivity contribution >= 4 is 19.9 Å². The van der Waals surface area contributed by atoms with E-state index in [4.69, 9.17) is 16.0 Å². The van der Waals surface area contributed by atoms with E-state index in [1.807, 2.05) is 6.20 Å². The standard InChI is InChI=1S/C12H23ClN2OSi/c1-12(2,3)17(4,5)16-9-8-15-7-6-14-11(15)10-13/h6-7H,8-10H2,1-5H3. The molecular formula is C12H23ClN2OSi. The van der Waals surface area contributed by atoms with Gasteiger partial charge in [0, 0.05) is 18.9 Å². The lowest BCUT2D eigenvalue weighted by Gasteiger charge is -2.36. The topological polar surface area (TPSA) is 27.1 Å². The number of halogens is 1. The summed E-state index contributed by atoms with van der Waals surface area (Å²) in [7, 11) is -1.63. The minimum absolute atomic E-state index is 0.261. The first-order valence-electron chi connectivity index (χ1n) is 5.98. The van der Waals surface area contributed by atoms with E-state index in [1.165, 1.54) is 0 Å². The van der Waals surface area contributed by atoms with Crippen molar-refractivity contribution in [2.45, 2.75) is 51.3 Å². The van der Waals surface area contributed by atoms with Gasteiger partial charge in [0.25, 0.3) is 0 Å². The summed E-state index contributed by atoms with van der Waals surface area (Å²) in [6, 6.07) is 0. The summed E-state index contributed by atoms with van der Waals surface area (Å²) in [5.41, 5.74) is 0. The normalized spacial score (nSPS) is 13.1. The molecule has 0 N–H and O–H groups in total. The van der Waals surface area contributed by atoms with Crippen molar-refractivity contribution in [1.82, 2.24) is 9.55 Å². The van der Waals surface area contributed by atoms with Crippen LogP contribution in [-0.2, 0) is 16.9 Å². The van der Waals surface area contributed by atoms with Crippen molar-refractivity contribution in [2.24, 2.45) is 0 Å². The monoisotopic (exact) mass is 274 g/mol. The highest BCUT2D eigenvalue weighted by Gasteiger charge is 2.36. The van der Waals surface area contributed by atoms with Crippen molar-refractivity contribution < 1.29 is 4.43 Å². The zero-order valence-corrected chi connectivity index (χ0v) is 13.2. The van der Waals surface area contributed by atoms with Crippen molar-refractivity contribution in [3.8, 4) is 0 Å². The molecule has 0 radical (unpaired) electrons. The smallest absolute Gasteiger partial charge is 0.192 e. The third kappa shape index (κ3) is 3.83. The average Bonchev–Trinajstić information content (AvgIpc) is 2.63. The summed E-state index contributed by atoms with van der Waals surface area (Å²) in [5.74, 6) is 1.36. The molecular weight excluding hydrogens is 252 g/mol. The maximum absolute atomic E-state index is 6.11. The summed E-state index contributed by atoms with van der Waals surface area (Å²) >= 11 is 5.80. The third-order valence-electron chi connectivity index (χ3n) is 3.52. The largest absolute Gasteiger partial charge is 0.415 e. The van der Waals surface area contributed by atoms with Crippen molar-refractivity contribution in [3.63, 3.8) is 0 Å². The summed E-state index contributed by atoms with van der Waals surface area (Å²) in [5, 5.41) is 0.261. The van der Waals surface area contributed by atoms with E-state index in [0.717, 1.165) is 19.0 Å². The molecule has 0 bridgehead atoms. The number of alkyl halides is 1. The molecule has 0 aliphatic heterocycles. The van der Waals surface area contributed by atoms with E-state index in [-0.39, 0.29) is 5.04 Å². The van der Waals surface area contributed by atoms with Crippen molar-refractivity contribution in [2.75, 3.05) is 6.61 Å². The van der Waals surface area contributed by atoms with Crippen LogP contribution in [0.3, 0.4) is 0 Å². The Balaban J connectivity index is 2.48. The minimum atomic E-state index is -1.63. The Morgan fingerprint density at radius 2 is 2.06 bits per heavy atom. The molecule has 0 atom stereocenters. The number of imidazole rings is 1. The van der Waals surface area contributed by atoms with Crippen LogP contribution in [0.1, 0.15) is 26.6 Å². The number of rotatable bonds is 5. The van der Waals surface area contributed by atoms with Crippen LogP contribution in [-0.4, -0.2) is 24.5 Å². The van der Waals surface area contributed by atoms with E-state index in [9.17, 15) is 0 Å². The fourth-order valence-corrected chi connectivity index (χ4v) is 2.55. The van der Waals surface area contributed by atoms with Gasteiger partial charge in [0.15, 0.2) is 8.32 Å². The maximum Gasteiger partial charge on any atom is 0.192 e. The summed E-state index contributed by atoms with van der Waals surface area (Å²) < 4.78 is 8.17. The highest BCUT2D eigenvalue weighted by atomic mass is 35.5. The second kappa shape index (κ2) is 5.55. The van der Waals surface area contributed by atoms with E-state index >= 15 is 0 Å². The van der Waals surface area contributed by atoms with Gasteiger partial charge in [-0.3, -0.25) is 0 Å². The lowest BCUT2D eigenvalue weighted by molar-refractivity contribution is 0.270. The molecule has 0 unspecified atom stereocenters. The Morgan fingerprint density at radius 1 is 1.41 bits per heavy atom. The lowest BCUT2D eigenvalue weighted by atomic mass is 10.2. The van der Waals surface area contributed by atoms with Crippen LogP contribution in [0.15, 0.2) is 12.4 Å². The Kier molecular flexibility index (Phi) is 4.81. The Hall–Kier alpha value is -0.323. The van der Waals surface area contributed by atoms with Crippen molar-refractivity contribution in [3.05, 3.63) is 18.2 Å². The van der Waals surface area contributed by atoms with Gasteiger partial charge in [-0.25, -0.2) is 4.98 Å². The average molecular weight is 275 g/mol. The molecule has 0 fully saturated rings. The van der Waals surface area contributed by atoms with Crippen LogP contribution in [0.5, 0.6) is 0 Å². The van der Waals surface area contributed by atoms with E-state index in [0.29, 0.717) is 5.88 Å². The molecule has 98 valence electrons. The van der Waals surface area contributed by atoms with Crippen LogP contribution < -0.4 is 0 Å². The number of aromatic nitrogens is 2. The SMILES string of the molecule is CC(C)(C)[Si](C)(C)OCCn1ccnc1CCl. The fourth-order valence-electron chi connectivity index (χ4n) is 1.29. The second-order valence-corrected chi connectivity index (χ2v) is 10.9. The summed E-state index contributed by atoms with van der Waals surface area (Å²) in [6.45, 7) is 12.8. The quantitative estimate of drug-likeness (QED) is 0.605. The molecule has 1 rings (SSSR count). The highest BCUT2D eigenvalue weighted by molar-refractivity contribution is 6.74. The molecule has 3 nitrogen and oxygen atoms in total. The Labute approximate surface area is 110 Å². The molecule has 0 amide bonds. The van der Waals surface area contributed by atoms with Gasteiger partial charge in [0.05, 0.1) is 12.5 Å². The molecule has 0 spiro atoms. The van der Waals surface area contributed by atoms with Gasteiger partial charge < -0.3 is 8.99 Å². The first-order valence-corrected chi connectivity index (χ1v) is 9.42. The molecule has 17 heavy (non-hydrogen) atoms. The van der Waals surface area contributed by atoms with Crippen LogP contribution >= 0.6 is 11.6 Å². The summed E-state index contributed by atoms with van der Waals surface area (Å²) in [4.78, 5) is 4.19. The maximum atomic E-state index is 6.11. The molecule has 0 aliphatic rings. The molecule has 1 aromatic heterocycles. The molecule has 1 heterocycles. The first kappa shape index (κ1) is 14.7. The minimum Gasteiger partial charge on any atom is -0.415 e. The van der Waals surface area contributed by atoms with Gasteiger partial charge in [-0.2, -0.15) is 0 Å². The zero-order chi connectivity index (χ0) is 13.1. The van der Waals surface area contributed by atoms with Gasteiger partial charge in [0.1, 0.15) is 5.82 Å². The predicted molar refractivity (Wildman–Crippen MR) is 74.9 cm³/mol. The van der Waals surface area contributed by atoms with Gasteiger partial charge in [-0.15, -0.1) is 11.6 Å². The molecule has 0 saturated heterocycles. The van der Waals surface area contributed by atoms with E-state index < -0.39 is 8.32 Å². The van der Waals surface area contributed by atoms with Gasteiger partial charge in [0.2, 0.25) is 0 Å². The third-order valence-corrected chi connectivity index (χ3v) is 8.30. The molecule has 0 aromatic carbocycles. The van der Waals surface area contributed by atoms with E-state index in [1.54, 1.807) is 6.20 Å². The van der Waals surface area contributed by atoms with Gasteiger partial charge in [-0.1, -0.05) is 20.8 Å². The number of hydrogen-bond donors (Lipinski definition) is 0. The lowest BCUT2D eigenvalue weighted by Crippen LogP contribution is -2.41. The summed E-state index contributed by atoms with van der Waals surface area (Å²) in [6.07, 6.45) is 3.73. The molecule has 0 saturated carbocycles. The van der Waals surface area contributed by atoms with Gasteiger partial charge >= 0.3 is 0 Å². The van der Waals surface area contributed by atoms with Crippen molar-refractivity contribution in [1.29, 1.82) is 0 Å². The molecule has 0 aliphatic carbocycles. The first-order chi connectivity index (χ1) is 7.78. The Morgan fingerprint density at radius 3 is 2.59 bits per heavy atom. The highest BCUT2D eigenvalue weighted by Crippen LogP contribution is 2.36. The number of hydrogen-bond acceptors (Lipinski definition) is 2. The van der Waals surface area contributed by atoms with Gasteiger partial charge in [-0.05, 0) is 18.1 Å². The predicted octanol–water partition coefficient (Wildman–Crippen LogP) is 3.64. The second-order valence-electron chi connectivity index (χ2n) is 5.78. The van der Waals surface area contributed by atoms with E-state index in [2.05, 4.69) is 43.4 Å². The Bertz CT molecular complexity index is 358. The number of nitrogens with zero attached hydrogens (tertiary/aromatic N) is 2. The van der Waals surface area contributed by atoms with Crippen LogP contribution in [0.4, 0.5) is 0 Å². The van der Waals surface area contributed by atoms with Crippen LogP contribution in [0, 0.1) is 0 Å². The zero-order valence-electron chi connectivity index (χ0n) is 11.5. The molecule has 5 heteroatoms. The molecule has 1 aromatic rings.